The van der Waals surface area contributed by atoms with Crippen LogP contribution in [0.4, 0.5) is 0 Å². The van der Waals surface area contributed by atoms with E-state index in [1.165, 1.54) is 10.9 Å². The zero-order valence-electron chi connectivity index (χ0n) is 17.5. The second kappa shape index (κ2) is 9.26. The number of para-hydroxylation sites is 3. The van der Waals surface area contributed by atoms with Crippen LogP contribution in [0.3, 0.4) is 0 Å². The Bertz CT molecular complexity index is 1140. The Hall–Kier alpha value is -2.93. The van der Waals surface area contributed by atoms with E-state index in [1.807, 2.05) is 24.3 Å². The van der Waals surface area contributed by atoms with Crippen LogP contribution < -0.4 is 9.47 Å². The van der Waals surface area contributed by atoms with Crippen molar-refractivity contribution in [1.29, 1.82) is 0 Å². The molecule has 0 atom stereocenters. The van der Waals surface area contributed by atoms with E-state index in [0.29, 0.717) is 6.61 Å². The summed E-state index contributed by atoms with van der Waals surface area (Å²) in [4.78, 5) is 0. The van der Waals surface area contributed by atoms with Gasteiger partial charge < -0.3 is 18.6 Å². The van der Waals surface area contributed by atoms with Gasteiger partial charge in [-0.2, -0.15) is 0 Å². The lowest BCUT2D eigenvalue weighted by Gasteiger charge is -2.10. The van der Waals surface area contributed by atoms with Crippen molar-refractivity contribution in [2.24, 2.45) is 0 Å². The molecule has 6 nitrogen and oxygen atoms in total. The third kappa shape index (κ3) is 3.89. The van der Waals surface area contributed by atoms with Gasteiger partial charge in [0.15, 0.2) is 22.5 Å². The first-order chi connectivity index (χ1) is 14.8. The highest BCUT2D eigenvalue weighted by atomic mass is 32.2. The minimum atomic E-state index is 0.562. The van der Waals surface area contributed by atoms with Gasteiger partial charge in [0.25, 0.3) is 0 Å². The fourth-order valence-corrected chi connectivity index (χ4v) is 4.41. The van der Waals surface area contributed by atoms with Crippen molar-refractivity contribution < 1.29 is 9.47 Å². The third-order valence-electron chi connectivity index (χ3n) is 5.04. The quantitative estimate of drug-likeness (QED) is 0.277. The number of ether oxygens (including phenoxy) is 2. The predicted molar refractivity (Wildman–Crippen MR) is 122 cm³/mol. The fraction of sp³-hybridized carbons (Fsp3) is 0.304. The van der Waals surface area contributed by atoms with Crippen molar-refractivity contribution in [3.05, 3.63) is 54.7 Å². The maximum Gasteiger partial charge on any atom is 0.191 e. The Morgan fingerprint density at radius 3 is 2.47 bits per heavy atom. The van der Waals surface area contributed by atoms with E-state index >= 15 is 0 Å². The lowest BCUT2D eigenvalue weighted by molar-refractivity contribution is 0.313. The van der Waals surface area contributed by atoms with Crippen LogP contribution in [-0.4, -0.2) is 38.8 Å². The minimum absolute atomic E-state index is 0.562. The van der Waals surface area contributed by atoms with E-state index in [2.05, 4.69) is 63.6 Å². The predicted octanol–water partition coefficient (Wildman–Crippen LogP) is 5.12. The summed E-state index contributed by atoms with van der Waals surface area (Å²) in [5, 5.41) is 11.1. The van der Waals surface area contributed by atoms with Crippen molar-refractivity contribution in [2.75, 3.05) is 19.5 Å². The molecule has 0 aliphatic carbocycles. The molecule has 4 rings (SSSR count). The molecule has 2 heterocycles. The van der Waals surface area contributed by atoms with E-state index in [1.54, 1.807) is 18.9 Å². The molecule has 30 heavy (non-hydrogen) atoms. The topological polar surface area (TPSA) is 54.1 Å². The highest BCUT2D eigenvalue weighted by molar-refractivity contribution is 7.99. The summed E-state index contributed by atoms with van der Waals surface area (Å²) in [6.45, 7) is 6.57. The van der Waals surface area contributed by atoms with Crippen LogP contribution in [0.15, 0.2) is 59.9 Å². The molecule has 7 heteroatoms. The van der Waals surface area contributed by atoms with Crippen LogP contribution in [0.5, 0.6) is 11.5 Å². The highest BCUT2D eigenvalue weighted by Gasteiger charge is 2.18. The highest BCUT2D eigenvalue weighted by Crippen LogP contribution is 2.32. The van der Waals surface area contributed by atoms with Gasteiger partial charge in [-0.3, -0.25) is 0 Å². The Labute approximate surface area is 180 Å². The van der Waals surface area contributed by atoms with Gasteiger partial charge in [0.05, 0.1) is 13.7 Å². The Kier molecular flexibility index (Phi) is 6.28. The molecular weight excluding hydrogens is 396 g/mol. The largest absolute Gasteiger partial charge is 0.493 e. The fourth-order valence-electron chi connectivity index (χ4n) is 3.59. The van der Waals surface area contributed by atoms with E-state index in [4.69, 9.17) is 9.47 Å². The number of benzene rings is 2. The first-order valence-corrected chi connectivity index (χ1v) is 11.1. The first kappa shape index (κ1) is 20.3. The van der Waals surface area contributed by atoms with Crippen LogP contribution in [-0.2, 0) is 13.1 Å². The van der Waals surface area contributed by atoms with Gasteiger partial charge >= 0.3 is 0 Å². The molecule has 4 aromatic rings. The van der Waals surface area contributed by atoms with Crippen LogP contribution in [0, 0.1) is 0 Å². The molecule has 0 unspecified atom stereocenters. The zero-order valence-corrected chi connectivity index (χ0v) is 18.4. The van der Waals surface area contributed by atoms with Gasteiger partial charge in [-0.25, -0.2) is 0 Å². The number of thioether (sulfide) groups is 1. The number of methoxy groups -OCH3 is 1. The van der Waals surface area contributed by atoms with Gasteiger partial charge in [0, 0.05) is 41.5 Å². The van der Waals surface area contributed by atoms with E-state index in [-0.39, 0.29) is 0 Å². The lowest BCUT2D eigenvalue weighted by Crippen LogP contribution is -2.04. The Morgan fingerprint density at radius 2 is 1.70 bits per heavy atom. The number of fused-ring (bicyclic) bond motifs is 1. The van der Waals surface area contributed by atoms with Crippen LogP contribution in [0.25, 0.3) is 22.3 Å². The third-order valence-corrected chi connectivity index (χ3v) is 5.98. The van der Waals surface area contributed by atoms with Crippen LogP contribution in [0.2, 0.25) is 0 Å². The molecule has 0 saturated carbocycles. The summed E-state index contributed by atoms with van der Waals surface area (Å²) in [6.07, 6.45) is 2.18. The van der Waals surface area contributed by atoms with Gasteiger partial charge in [0.2, 0.25) is 0 Å². The summed E-state index contributed by atoms with van der Waals surface area (Å²) < 4.78 is 15.7. The number of hydrogen-bond donors (Lipinski definition) is 0. The average Bonchev–Trinajstić information content (AvgIpc) is 3.37. The maximum absolute atomic E-state index is 5.88. The summed E-state index contributed by atoms with van der Waals surface area (Å²) >= 11 is 1.65. The molecule has 0 radical (unpaired) electrons. The Morgan fingerprint density at radius 1 is 0.933 bits per heavy atom. The molecule has 0 fully saturated rings. The van der Waals surface area contributed by atoms with Crippen molar-refractivity contribution in [2.45, 2.75) is 32.1 Å². The molecular formula is C23H26N4O2S. The molecule has 2 aromatic carbocycles. The SMILES string of the molecule is CCn1c(SCCOc2ccccc2OC)nnc1-c1cn(CC)c2ccccc12. The van der Waals surface area contributed by atoms with Gasteiger partial charge in [-0.05, 0) is 32.0 Å². The second-order valence-corrected chi connectivity index (χ2v) is 7.81. The monoisotopic (exact) mass is 422 g/mol. The second-order valence-electron chi connectivity index (χ2n) is 6.74. The molecule has 0 saturated heterocycles. The maximum atomic E-state index is 5.88. The van der Waals surface area contributed by atoms with Gasteiger partial charge in [-0.15, -0.1) is 10.2 Å². The number of hydrogen-bond acceptors (Lipinski definition) is 5. The van der Waals surface area contributed by atoms with E-state index in [0.717, 1.165) is 46.9 Å². The van der Waals surface area contributed by atoms with Gasteiger partial charge in [0.1, 0.15) is 0 Å². The zero-order chi connectivity index (χ0) is 20.9. The minimum Gasteiger partial charge on any atom is -0.493 e. The van der Waals surface area contributed by atoms with Gasteiger partial charge in [-0.1, -0.05) is 42.1 Å². The molecule has 0 N–H and O–H groups in total. The van der Waals surface area contributed by atoms with Crippen LogP contribution >= 0.6 is 11.8 Å². The molecule has 0 aliphatic rings. The van der Waals surface area contributed by atoms with E-state index < -0.39 is 0 Å². The number of nitrogens with zero attached hydrogens (tertiary/aromatic N) is 4. The summed E-state index contributed by atoms with van der Waals surface area (Å²) in [5.41, 5.74) is 2.35. The summed E-state index contributed by atoms with van der Waals surface area (Å²) in [6, 6.07) is 16.1. The molecule has 0 amide bonds. The molecule has 0 aliphatic heterocycles. The molecule has 2 aromatic heterocycles. The molecule has 0 bridgehead atoms. The summed E-state index contributed by atoms with van der Waals surface area (Å²) in [5.74, 6) is 3.18. The number of aryl methyl sites for hydroxylation is 1. The van der Waals surface area contributed by atoms with Crippen molar-refractivity contribution >= 4 is 22.7 Å². The molecule has 156 valence electrons. The normalized spacial score (nSPS) is 11.2. The van der Waals surface area contributed by atoms with Crippen molar-refractivity contribution in [3.63, 3.8) is 0 Å². The van der Waals surface area contributed by atoms with Crippen molar-refractivity contribution in [3.8, 4) is 22.9 Å². The smallest absolute Gasteiger partial charge is 0.191 e. The van der Waals surface area contributed by atoms with E-state index in [9.17, 15) is 0 Å². The Balaban J connectivity index is 1.51. The number of aromatic nitrogens is 4. The standard InChI is InChI=1S/C23H26N4O2S/c1-4-26-16-18(17-10-6-7-11-19(17)26)22-24-25-23(27(22)5-2)30-15-14-29-21-13-9-8-12-20(21)28-3/h6-13,16H,4-5,14-15H2,1-3H3. The average molecular weight is 423 g/mol. The number of rotatable bonds is 9. The lowest BCUT2D eigenvalue weighted by atomic mass is 10.1. The summed E-state index contributed by atoms with van der Waals surface area (Å²) in [7, 11) is 1.65. The van der Waals surface area contributed by atoms with Crippen molar-refractivity contribution in [1.82, 2.24) is 19.3 Å². The van der Waals surface area contributed by atoms with Crippen LogP contribution in [0.1, 0.15) is 13.8 Å². The first-order valence-electron chi connectivity index (χ1n) is 10.2. The molecule has 0 spiro atoms.